The van der Waals surface area contributed by atoms with Crippen LogP contribution in [0.15, 0.2) is 24.3 Å². The molecule has 0 aliphatic rings. The standard InChI is InChI=1S/C13H15BrN2O/c1-9(16-12(17)13(2,3)14)11-6-4-10(8-15)5-7-11/h4-7,9H,1-3H3,(H,16,17). The van der Waals surface area contributed by atoms with E-state index in [4.69, 9.17) is 5.26 Å². The van der Waals surface area contributed by atoms with E-state index in [1.165, 1.54) is 0 Å². The number of alkyl halides is 1. The van der Waals surface area contributed by atoms with Crippen molar-refractivity contribution >= 4 is 21.8 Å². The number of benzene rings is 1. The zero-order chi connectivity index (χ0) is 13.1. The zero-order valence-electron chi connectivity index (χ0n) is 10.1. The summed E-state index contributed by atoms with van der Waals surface area (Å²) in [7, 11) is 0. The van der Waals surface area contributed by atoms with Gasteiger partial charge >= 0.3 is 0 Å². The third kappa shape index (κ3) is 3.86. The van der Waals surface area contributed by atoms with Gasteiger partial charge in [0.15, 0.2) is 0 Å². The Morgan fingerprint density at radius 2 is 1.94 bits per heavy atom. The van der Waals surface area contributed by atoms with Crippen LogP contribution in [-0.2, 0) is 4.79 Å². The summed E-state index contributed by atoms with van der Waals surface area (Å²) in [4.78, 5) is 11.8. The predicted molar refractivity (Wildman–Crippen MR) is 70.7 cm³/mol. The van der Waals surface area contributed by atoms with E-state index in [9.17, 15) is 4.79 Å². The van der Waals surface area contributed by atoms with Gasteiger partial charge < -0.3 is 5.32 Å². The Morgan fingerprint density at radius 1 is 1.41 bits per heavy atom. The van der Waals surface area contributed by atoms with Gasteiger partial charge in [-0.1, -0.05) is 28.1 Å². The van der Waals surface area contributed by atoms with E-state index in [0.717, 1.165) is 5.56 Å². The van der Waals surface area contributed by atoms with E-state index < -0.39 is 4.32 Å². The summed E-state index contributed by atoms with van der Waals surface area (Å²) in [6.07, 6.45) is 0. The molecule has 0 heterocycles. The number of halogens is 1. The van der Waals surface area contributed by atoms with Crippen LogP contribution >= 0.6 is 15.9 Å². The van der Waals surface area contributed by atoms with Crippen molar-refractivity contribution < 1.29 is 4.79 Å². The highest BCUT2D eigenvalue weighted by atomic mass is 79.9. The minimum atomic E-state index is -0.576. The first-order chi connectivity index (χ1) is 7.84. The van der Waals surface area contributed by atoms with Crippen LogP contribution < -0.4 is 5.32 Å². The van der Waals surface area contributed by atoms with Crippen LogP contribution in [0.1, 0.15) is 37.9 Å². The minimum absolute atomic E-state index is 0.0608. The molecule has 1 aromatic rings. The summed E-state index contributed by atoms with van der Waals surface area (Å²) in [5.41, 5.74) is 1.60. The summed E-state index contributed by atoms with van der Waals surface area (Å²) in [6.45, 7) is 5.51. The number of nitriles is 1. The lowest BCUT2D eigenvalue weighted by Gasteiger charge is -2.20. The van der Waals surface area contributed by atoms with Gasteiger partial charge in [0.05, 0.1) is 22.0 Å². The molecule has 0 aliphatic heterocycles. The van der Waals surface area contributed by atoms with E-state index in [1.54, 1.807) is 26.0 Å². The fourth-order valence-electron chi connectivity index (χ4n) is 1.30. The second-order valence-electron chi connectivity index (χ2n) is 4.40. The van der Waals surface area contributed by atoms with Crippen LogP contribution in [0.25, 0.3) is 0 Å². The van der Waals surface area contributed by atoms with Crippen molar-refractivity contribution in [3.05, 3.63) is 35.4 Å². The van der Waals surface area contributed by atoms with Crippen molar-refractivity contribution in [1.29, 1.82) is 5.26 Å². The van der Waals surface area contributed by atoms with Crippen molar-refractivity contribution in [3.8, 4) is 6.07 Å². The fraction of sp³-hybridized carbons (Fsp3) is 0.385. The smallest absolute Gasteiger partial charge is 0.236 e. The summed E-state index contributed by atoms with van der Waals surface area (Å²) < 4.78 is -0.576. The quantitative estimate of drug-likeness (QED) is 0.872. The Balaban J connectivity index is 2.74. The van der Waals surface area contributed by atoms with Crippen LogP contribution in [0.2, 0.25) is 0 Å². The molecular formula is C13H15BrN2O. The van der Waals surface area contributed by atoms with Crippen molar-refractivity contribution in [3.63, 3.8) is 0 Å². The van der Waals surface area contributed by atoms with Gasteiger partial charge in [-0.3, -0.25) is 4.79 Å². The summed E-state index contributed by atoms with van der Waals surface area (Å²) in [5.74, 6) is -0.0608. The molecule has 0 fully saturated rings. The Bertz CT molecular complexity index is 440. The van der Waals surface area contributed by atoms with E-state index in [2.05, 4.69) is 27.3 Å². The van der Waals surface area contributed by atoms with Crippen LogP contribution in [0.5, 0.6) is 0 Å². The number of nitrogens with zero attached hydrogens (tertiary/aromatic N) is 1. The molecule has 90 valence electrons. The third-order valence-corrected chi connectivity index (χ3v) is 2.79. The lowest BCUT2D eigenvalue weighted by atomic mass is 10.1. The van der Waals surface area contributed by atoms with E-state index >= 15 is 0 Å². The first-order valence-corrected chi connectivity index (χ1v) is 6.14. The number of carbonyl (C=O) groups excluding carboxylic acids is 1. The lowest BCUT2D eigenvalue weighted by molar-refractivity contribution is -0.123. The Kier molecular flexibility index (Phi) is 4.30. The van der Waals surface area contributed by atoms with Crippen LogP contribution in [0.3, 0.4) is 0 Å². The van der Waals surface area contributed by atoms with Crippen molar-refractivity contribution in [1.82, 2.24) is 5.32 Å². The van der Waals surface area contributed by atoms with Gasteiger partial charge in [-0.2, -0.15) is 5.26 Å². The molecule has 0 aliphatic carbocycles. The molecule has 1 atom stereocenters. The van der Waals surface area contributed by atoms with Gasteiger partial charge in [-0.15, -0.1) is 0 Å². The van der Waals surface area contributed by atoms with Gasteiger partial charge in [0.1, 0.15) is 0 Å². The Labute approximate surface area is 110 Å². The summed E-state index contributed by atoms with van der Waals surface area (Å²) >= 11 is 3.31. The number of rotatable bonds is 3. The number of carbonyl (C=O) groups is 1. The number of hydrogen-bond donors (Lipinski definition) is 1. The van der Waals surface area contributed by atoms with Crippen LogP contribution in [0, 0.1) is 11.3 Å². The number of amides is 1. The van der Waals surface area contributed by atoms with E-state index in [1.807, 2.05) is 19.1 Å². The predicted octanol–water partition coefficient (Wildman–Crippen LogP) is 2.91. The largest absolute Gasteiger partial charge is 0.348 e. The summed E-state index contributed by atoms with van der Waals surface area (Å²) in [6, 6.07) is 9.18. The molecule has 1 amide bonds. The number of hydrogen-bond acceptors (Lipinski definition) is 2. The average molecular weight is 295 g/mol. The molecule has 1 aromatic carbocycles. The second-order valence-corrected chi connectivity index (χ2v) is 6.38. The molecule has 0 aromatic heterocycles. The Hall–Kier alpha value is -1.34. The first kappa shape index (κ1) is 13.7. The molecule has 1 unspecified atom stereocenters. The topological polar surface area (TPSA) is 52.9 Å². The number of nitrogens with one attached hydrogen (secondary N) is 1. The molecule has 0 saturated carbocycles. The molecule has 0 spiro atoms. The van der Waals surface area contributed by atoms with Crippen molar-refractivity contribution in [2.24, 2.45) is 0 Å². The van der Waals surface area contributed by atoms with E-state index in [-0.39, 0.29) is 11.9 Å². The van der Waals surface area contributed by atoms with E-state index in [0.29, 0.717) is 5.56 Å². The molecule has 1 N–H and O–H groups in total. The molecular weight excluding hydrogens is 280 g/mol. The van der Waals surface area contributed by atoms with Crippen molar-refractivity contribution in [2.45, 2.75) is 31.1 Å². The SMILES string of the molecule is CC(NC(=O)C(C)(C)Br)c1ccc(C#N)cc1. The monoisotopic (exact) mass is 294 g/mol. The third-order valence-electron chi connectivity index (χ3n) is 2.43. The molecule has 0 saturated heterocycles. The molecule has 0 bridgehead atoms. The first-order valence-electron chi connectivity index (χ1n) is 5.34. The highest BCUT2D eigenvalue weighted by Gasteiger charge is 2.24. The molecule has 3 nitrogen and oxygen atoms in total. The fourth-order valence-corrected chi connectivity index (χ4v) is 1.41. The molecule has 17 heavy (non-hydrogen) atoms. The van der Waals surface area contributed by atoms with Crippen LogP contribution in [-0.4, -0.2) is 10.2 Å². The minimum Gasteiger partial charge on any atom is -0.348 e. The maximum Gasteiger partial charge on any atom is 0.236 e. The average Bonchev–Trinajstić information content (AvgIpc) is 2.27. The van der Waals surface area contributed by atoms with Gasteiger partial charge in [0, 0.05) is 0 Å². The van der Waals surface area contributed by atoms with Gasteiger partial charge in [0.25, 0.3) is 0 Å². The summed E-state index contributed by atoms with van der Waals surface area (Å²) in [5, 5.41) is 11.6. The highest BCUT2D eigenvalue weighted by Crippen LogP contribution is 2.19. The maximum atomic E-state index is 11.8. The Morgan fingerprint density at radius 3 is 2.35 bits per heavy atom. The molecule has 4 heteroatoms. The lowest BCUT2D eigenvalue weighted by Crippen LogP contribution is -2.38. The molecule has 0 radical (unpaired) electrons. The van der Waals surface area contributed by atoms with Crippen LogP contribution in [0.4, 0.5) is 0 Å². The van der Waals surface area contributed by atoms with Gasteiger partial charge in [-0.25, -0.2) is 0 Å². The van der Waals surface area contributed by atoms with Gasteiger partial charge in [0.2, 0.25) is 5.91 Å². The van der Waals surface area contributed by atoms with Crippen molar-refractivity contribution in [2.75, 3.05) is 0 Å². The normalized spacial score (nSPS) is 12.6. The second kappa shape index (κ2) is 5.33. The van der Waals surface area contributed by atoms with Gasteiger partial charge in [-0.05, 0) is 38.5 Å². The molecule has 1 rings (SSSR count). The highest BCUT2D eigenvalue weighted by molar-refractivity contribution is 9.10. The maximum absolute atomic E-state index is 11.8. The zero-order valence-corrected chi connectivity index (χ0v) is 11.7.